The Morgan fingerprint density at radius 3 is 2.63 bits per heavy atom. The first kappa shape index (κ1) is 34.3. The number of hydrogen-bond acceptors (Lipinski definition) is 11. The number of halogens is 1. The summed E-state index contributed by atoms with van der Waals surface area (Å²) in [5.74, 6) is 1.02. The van der Waals surface area contributed by atoms with Gasteiger partial charge in [-0.1, -0.05) is 17.3 Å². The van der Waals surface area contributed by atoms with Gasteiger partial charge in [-0.05, 0) is 84.9 Å². The van der Waals surface area contributed by atoms with E-state index in [1.54, 1.807) is 41.2 Å². The topological polar surface area (TPSA) is 171 Å². The molecule has 1 aromatic carbocycles. The maximum absolute atomic E-state index is 14.5. The molecule has 3 atom stereocenters. The SMILES string of the molecule is C/C=C/c1noc(C[C@@]23C[C@@H](C(=O)Nc4nc(Br)ccc4COC)N(C(=O)Cn4nc(C(C)=O)c5cc(-c6cnc(C)nc6)cc(C)c54)[C@@H]2C3)n1. The lowest BCUT2D eigenvalue weighted by molar-refractivity contribution is -0.138. The molecule has 5 aromatic rings. The second kappa shape index (κ2) is 13.5. The molecule has 4 aromatic heterocycles. The van der Waals surface area contributed by atoms with Crippen molar-refractivity contribution in [2.75, 3.05) is 12.4 Å². The molecule has 0 spiro atoms. The number of fused-ring (bicyclic) bond motifs is 2. The van der Waals surface area contributed by atoms with Crippen LogP contribution in [0.3, 0.4) is 0 Å². The monoisotopic (exact) mass is 753 g/mol. The van der Waals surface area contributed by atoms with Crippen molar-refractivity contribution in [3.63, 3.8) is 0 Å². The molecule has 2 fully saturated rings. The zero-order chi connectivity index (χ0) is 36.0. The Kier molecular flexibility index (Phi) is 9.10. The van der Waals surface area contributed by atoms with Crippen molar-refractivity contribution >= 4 is 56.3 Å². The minimum atomic E-state index is -0.811. The number of nitrogens with one attached hydrogen (secondary N) is 1. The van der Waals surface area contributed by atoms with Gasteiger partial charge in [0.05, 0.1) is 12.1 Å². The van der Waals surface area contributed by atoms with Gasteiger partial charge in [-0.2, -0.15) is 10.1 Å². The van der Waals surface area contributed by atoms with Gasteiger partial charge < -0.3 is 19.5 Å². The third-order valence-electron chi connectivity index (χ3n) is 9.56. The molecule has 2 amide bonds. The summed E-state index contributed by atoms with van der Waals surface area (Å²) in [5.41, 5.74) is 3.65. The summed E-state index contributed by atoms with van der Waals surface area (Å²) in [4.78, 5) is 60.7. The molecule has 15 heteroatoms. The Balaban J connectivity index is 1.22. The number of ether oxygens (including phenoxy) is 1. The summed E-state index contributed by atoms with van der Waals surface area (Å²) in [6.07, 6.45) is 8.54. The van der Waals surface area contributed by atoms with Gasteiger partial charge in [0.1, 0.15) is 34.5 Å². The maximum Gasteiger partial charge on any atom is 0.248 e. The first-order chi connectivity index (χ1) is 24.5. The molecule has 1 N–H and O–H groups in total. The lowest BCUT2D eigenvalue weighted by Crippen LogP contribution is -2.47. The molecular formula is C36H36BrN9O5. The summed E-state index contributed by atoms with van der Waals surface area (Å²) in [5, 5.41) is 12.3. The number of likely N-dealkylation sites (tertiary alicyclic amines) is 1. The molecule has 0 unspecified atom stereocenters. The van der Waals surface area contributed by atoms with Crippen molar-refractivity contribution in [3.05, 3.63) is 81.7 Å². The molecule has 51 heavy (non-hydrogen) atoms. The number of pyridine rings is 1. The van der Waals surface area contributed by atoms with Crippen molar-refractivity contribution in [1.82, 2.24) is 39.8 Å². The second-order valence-electron chi connectivity index (χ2n) is 13.2. The average molecular weight is 755 g/mol. The van der Waals surface area contributed by atoms with Crippen LogP contribution in [0.5, 0.6) is 0 Å². The van der Waals surface area contributed by atoms with E-state index >= 15 is 0 Å². The van der Waals surface area contributed by atoms with Crippen molar-refractivity contribution in [1.29, 1.82) is 0 Å². The second-order valence-corrected chi connectivity index (χ2v) is 14.0. The summed E-state index contributed by atoms with van der Waals surface area (Å²) in [7, 11) is 1.57. The molecule has 0 bridgehead atoms. The van der Waals surface area contributed by atoms with Crippen LogP contribution in [0.1, 0.15) is 65.8 Å². The lowest BCUT2D eigenvalue weighted by atomic mass is 9.95. The molecule has 0 radical (unpaired) electrons. The third kappa shape index (κ3) is 6.58. The molecule has 1 saturated heterocycles. The summed E-state index contributed by atoms with van der Waals surface area (Å²) < 4.78 is 13.0. The van der Waals surface area contributed by atoms with Crippen LogP contribution in [-0.2, 0) is 33.9 Å². The van der Waals surface area contributed by atoms with Gasteiger partial charge in [-0.25, -0.2) is 15.0 Å². The molecule has 262 valence electrons. The fourth-order valence-corrected chi connectivity index (χ4v) is 7.50. The fourth-order valence-electron chi connectivity index (χ4n) is 7.19. The Labute approximate surface area is 301 Å². The van der Waals surface area contributed by atoms with E-state index in [0.29, 0.717) is 63.7 Å². The zero-order valence-corrected chi connectivity index (χ0v) is 30.4. The van der Waals surface area contributed by atoms with Crippen LogP contribution < -0.4 is 5.32 Å². The standard InChI is InChI=1S/C36H36BrN9O5/c1-6-7-29-41-30(51-44-29)14-36-12-26(35(49)42-34-22(18-50-5)8-9-28(37)40-34)46(27(36)13-36)31(48)17-45-33-19(2)10-23(24-15-38-21(4)39-16-24)11-25(33)32(43-45)20(3)47/h6-11,15-16,26-27H,12-14,17-18H2,1-5H3,(H,40,42,49)/b7-6+/t26-,27+,36-/m0/s1. The van der Waals surface area contributed by atoms with Crippen LogP contribution in [0.4, 0.5) is 5.82 Å². The number of methoxy groups -OCH3 is 1. The molecular weight excluding hydrogens is 718 g/mol. The summed E-state index contributed by atoms with van der Waals surface area (Å²) in [6.45, 7) is 7.12. The molecule has 1 aliphatic carbocycles. The molecule has 7 rings (SSSR count). The van der Waals surface area contributed by atoms with Crippen LogP contribution in [0.25, 0.3) is 28.1 Å². The summed E-state index contributed by atoms with van der Waals surface area (Å²) in [6, 6.07) is 6.39. The van der Waals surface area contributed by atoms with Crippen LogP contribution in [0.2, 0.25) is 0 Å². The van der Waals surface area contributed by atoms with Gasteiger partial charge in [-0.3, -0.25) is 19.1 Å². The smallest absolute Gasteiger partial charge is 0.248 e. The minimum Gasteiger partial charge on any atom is -0.380 e. The van der Waals surface area contributed by atoms with Gasteiger partial charge in [-0.15, -0.1) is 0 Å². The number of ketones is 1. The number of aromatic nitrogens is 7. The van der Waals surface area contributed by atoms with Crippen LogP contribution in [0.15, 0.2) is 51.9 Å². The molecule has 1 saturated carbocycles. The van der Waals surface area contributed by atoms with E-state index in [1.807, 2.05) is 45.0 Å². The van der Waals surface area contributed by atoms with Crippen LogP contribution in [0, 0.1) is 19.3 Å². The van der Waals surface area contributed by atoms with Crippen molar-refractivity contribution in [2.24, 2.45) is 5.41 Å². The number of anilines is 1. The van der Waals surface area contributed by atoms with E-state index in [2.05, 4.69) is 51.4 Å². The zero-order valence-electron chi connectivity index (χ0n) is 28.8. The van der Waals surface area contributed by atoms with E-state index in [9.17, 15) is 14.4 Å². The Bertz CT molecular complexity index is 2210. The van der Waals surface area contributed by atoms with Gasteiger partial charge in [0.15, 0.2) is 11.6 Å². The number of piperidine rings is 1. The fraction of sp³-hybridized carbons (Fsp3) is 0.361. The van der Waals surface area contributed by atoms with Gasteiger partial charge in [0, 0.05) is 60.8 Å². The molecule has 1 aliphatic heterocycles. The normalized spacial score (nSPS) is 19.5. The first-order valence-corrected chi connectivity index (χ1v) is 17.3. The first-order valence-electron chi connectivity index (χ1n) is 16.5. The van der Waals surface area contributed by atoms with Crippen molar-refractivity contribution in [3.8, 4) is 11.1 Å². The minimum absolute atomic E-state index is 0.177. The number of allylic oxidation sites excluding steroid dienone is 1. The van der Waals surface area contributed by atoms with Gasteiger partial charge in [0.25, 0.3) is 0 Å². The van der Waals surface area contributed by atoms with E-state index < -0.39 is 11.5 Å². The Morgan fingerprint density at radius 2 is 1.90 bits per heavy atom. The highest BCUT2D eigenvalue weighted by atomic mass is 79.9. The average Bonchev–Trinajstić information content (AvgIpc) is 3.36. The number of rotatable bonds is 11. The quantitative estimate of drug-likeness (QED) is 0.138. The maximum atomic E-state index is 14.5. The number of nitrogens with zero attached hydrogens (tertiary/aromatic N) is 8. The van der Waals surface area contributed by atoms with E-state index in [-0.39, 0.29) is 42.5 Å². The number of carbonyl (C=O) groups is 3. The van der Waals surface area contributed by atoms with Crippen molar-refractivity contribution < 1.29 is 23.6 Å². The number of benzene rings is 1. The van der Waals surface area contributed by atoms with Gasteiger partial charge >= 0.3 is 0 Å². The predicted molar refractivity (Wildman–Crippen MR) is 190 cm³/mol. The number of carbonyl (C=O) groups excluding carboxylic acids is 3. The van der Waals surface area contributed by atoms with E-state index in [1.165, 1.54) is 6.92 Å². The van der Waals surface area contributed by atoms with E-state index in [4.69, 9.17) is 9.26 Å². The highest BCUT2D eigenvalue weighted by Gasteiger charge is 2.67. The molecule has 5 heterocycles. The predicted octanol–water partition coefficient (Wildman–Crippen LogP) is 5.27. The highest BCUT2D eigenvalue weighted by Crippen LogP contribution is 2.61. The highest BCUT2D eigenvalue weighted by molar-refractivity contribution is 9.10. The Hall–Kier alpha value is -5.15. The van der Waals surface area contributed by atoms with Crippen LogP contribution in [-0.4, -0.2) is 76.6 Å². The number of Topliss-reactive ketones (excluding diaryl/α,β-unsaturated/α-hetero) is 1. The number of aryl methyl sites for hydroxylation is 2. The number of hydrogen-bond donors (Lipinski definition) is 1. The van der Waals surface area contributed by atoms with Crippen molar-refractivity contribution in [2.45, 2.75) is 72.2 Å². The lowest BCUT2D eigenvalue weighted by Gasteiger charge is -2.27. The molecule has 2 aliphatic rings. The van der Waals surface area contributed by atoms with Gasteiger partial charge in [0.2, 0.25) is 17.7 Å². The van der Waals surface area contributed by atoms with E-state index in [0.717, 1.165) is 16.7 Å². The number of amides is 2. The largest absolute Gasteiger partial charge is 0.380 e. The Morgan fingerprint density at radius 1 is 1.12 bits per heavy atom. The molecule has 14 nitrogen and oxygen atoms in total. The van der Waals surface area contributed by atoms with Crippen LogP contribution >= 0.6 is 15.9 Å². The third-order valence-corrected chi connectivity index (χ3v) is 10.0. The summed E-state index contributed by atoms with van der Waals surface area (Å²) >= 11 is 3.39.